The topological polar surface area (TPSA) is 105 Å². The number of hydrogen-bond donors (Lipinski definition) is 3. The minimum absolute atomic E-state index is 0.374. The fourth-order valence-corrected chi connectivity index (χ4v) is 3.66. The van der Waals surface area contributed by atoms with Gasteiger partial charge in [-0.15, -0.1) is 0 Å². The summed E-state index contributed by atoms with van der Waals surface area (Å²) in [6, 6.07) is 13.9. The van der Waals surface area contributed by atoms with Crippen LogP contribution in [0.2, 0.25) is 0 Å². The molecular formula is C25H27N3O4. The quantitative estimate of drug-likeness (QED) is 0.598. The fraction of sp³-hybridized carbons (Fsp3) is 0.360. The number of carboxylic acids is 1. The molecule has 0 radical (unpaired) electrons. The first-order valence-electron chi connectivity index (χ1n) is 10.8. The number of rotatable bonds is 6. The van der Waals surface area contributed by atoms with E-state index >= 15 is 0 Å². The van der Waals surface area contributed by atoms with E-state index in [0.717, 1.165) is 44.0 Å². The van der Waals surface area contributed by atoms with Crippen molar-refractivity contribution in [1.29, 1.82) is 0 Å². The number of aliphatic carboxylic acids is 1. The molecule has 1 saturated carbocycles. The van der Waals surface area contributed by atoms with Crippen LogP contribution in [0.5, 0.6) is 0 Å². The van der Waals surface area contributed by atoms with Crippen molar-refractivity contribution in [2.45, 2.75) is 31.0 Å². The molecule has 1 amide bonds. The summed E-state index contributed by atoms with van der Waals surface area (Å²) >= 11 is 0. The van der Waals surface area contributed by atoms with Crippen LogP contribution in [-0.4, -0.2) is 59.8 Å². The Labute approximate surface area is 187 Å². The Bertz CT molecular complexity index is 1030. The maximum Gasteiger partial charge on any atom is 0.328 e. The summed E-state index contributed by atoms with van der Waals surface area (Å²) in [6.45, 7) is 4.41. The molecule has 1 heterocycles. The zero-order chi connectivity index (χ0) is 22.6. The summed E-state index contributed by atoms with van der Waals surface area (Å²) in [5.74, 6) is 4.67. The zero-order valence-corrected chi connectivity index (χ0v) is 17.8. The van der Waals surface area contributed by atoms with Gasteiger partial charge in [0.1, 0.15) is 6.04 Å². The summed E-state index contributed by atoms with van der Waals surface area (Å²) in [5, 5.41) is 11.9. The minimum Gasteiger partial charge on any atom is -0.480 e. The van der Waals surface area contributed by atoms with Crippen molar-refractivity contribution in [3.8, 4) is 11.8 Å². The maximum atomic E-state index is 12.4. The monoisotopic (exact) mass is 433 g/mol. The lowest BCUT2D eigenvalue weighted by atomic mass is 10.1. The number of nitrogens with zero attached hydrogens (tertiary/aromatic N) is 1. The van der Waals surface area contributed by atoms with Crippen LogP contribution in [0, 0.1) is 11.8 Å². The van der Waals surface area contributed by atoms with Gasteiger partial charge in [0.05, 0.1) is 13.2 Å². The SMILES string of the molecule is NC1(C(NC(=O)c2ccc(C#Cc3ccc(CN4CCOCC4)cc3)cc2)C(=O)O)CC1. The van der Waals surface area contributed by atoms with E-state index in [-0.39, 0.29) is 0 Å². The van der Waals surface area contributed by atoms with Crippen molar-refractivity contribution in [1.82, 2.24) is 10.2 Å². The molecule has 4 N–H and O–H groups in total. The summed E-state index contributed by atoms with van der Waals surface area (Å²) in [5.41, 5.74) is 8.44. The Kier molecular flexibility index (Phi) is 6.56. The fourth-order valence-electron chi connectivity index (χ4n) is 3.66. The van der Waals surface area contributed by atoms with Crippen LogP contribution < -0.4 is 11.1 Å². The molecule has 1 aliphatic carbocycles. The normalized spacial score (nSPS) is 18.2. The first-order chi connectivity index (χ1) is 15.4. The van der Waals surface area contributed by atoms with Gasteiger partial charge in [-0.1, -0.05) is 24.0 Å². The van der Waals surface area contributed by atoms with Crippen LogP contribution in [0.1, 0.15) is 39.9 Å². The largest absolute Gasteiger partial charge is 0.480 e. The number of benzene rings is 2. The van der Waals surface area contributed by atoms with Crippen LogP contribution in [-0.2, 0) is 16.1 Å². The number of nitrogens with two attached hydrogens (primary N) is 1. The molecule has 2 fully saturated rings. The van der Waals surface area contributed by atoms with E-state index in [1.54, 1.807) is 24.3 Å². The van der Waals surface area contributed by atoms with E-state index in [9.17, 15) is 14.7 Å². The molecule has 0 aromatic heterocycles. The number of carbonyl (C=O) groups excluding carboxylic acids is 1. The average molecular weight is 434 g/mol. The Morgan fingerprint density at radius 3 is 2.12 bits per heavy atom. The second-order valence-electron chi connectivity index (χ2n) is 8.39. The zero-order valence-electron chi connectivity index (χ0n) is 17.8. The Morgan fingerprint density at radius 1 is 1.03 bits per heavy atom. The molecule has 2 aliphatic rings. The highest BCUT2D eigenvalue weighted by Gasteiger charge is 2.50. The van der Waals surface area contributed by atoms with Crippen LogP contribution in [0.4, 0.5) is 0 Å². The third-order valence-corrected chi connectivity index (χ3v) is 5.89. The highest BCUT2D eigenvalue weighted by Crippen LogP contribution is 2.36. The molecule has 32 heavy (non-hydrogen) atoms. The van der Waals surface area contributed by atoms with Gasteiger partial charge in [-0.3, -0.25) is 9.69 Å². The third kappa shape index (κ3) is 5.54. The highest BCUT2D eigenvalue weighted by molar-refractivity contribution is 5.97. The first-order valence-corrected chi connectivity index (χ1v) is 10.8. The van der Waals surface area contributed by atoms with Gasteiger partial charge in [0.25, 0.3) is 5.91 Å². The molecule has 1 atom stereocenters. The third-order valence-electron chi connectivity index (χ3n) is 5.89. The Morgan fingerprint density at radius 2 is 1.59 bits per heavy atom. The molecule has 0 bridgehead atoms. The summed E-state index contributed by atoms with van der Waals surface area (Å²) in [4.78, 5) is 26.2. The van der Waals surface area contributed by atoms with Gasteiger partial charge in [-0.25, -0.2) is 4.79 Å². The molecule has 166 valence electrons. The number of hydrogen-bond acceptors (Lipinski definition) is 5. The smallest absolute Gasteiger partial charge is 0.328 e. The van der Waals surface area contributed by atoms with Crippen molar-refractivity contribution in [3.63, 3.8) is 0 Å². The molecule has 7 heteroatoms. The molecule has 7 nitrogen and oxygen atoms in total. The second-order valence-corrected chi connectivity index (χ2v) is 8.39. The standard InChI is InChI=1S/C25H27N3O4/c26-25(11-12-25)22(24(30)31)27-23(29)21-9-7-19(8-10-21)2-1-18-3-5-20(6-4-18)17-28-13-15-32-16-14-28/h3-10,22H,11-17,26H2,(H,27,29)(H,30,31). The molecule has 1 unspecified atom stereocenters. The van der Waals surface area contributed by atoms with Crippen molar-refractivity contribution < 1.29 is 19.4 Å². The van der Waals surface area contributed by atoms with E-state index < -0.39 is 23.5 Å². The average Bonchev–Trinajstić information content (AvgIpc) is 3.55. The summed E-state index contributed by atoms with van der Waals surface area (Å²) in [7, 11) is 0. The number of ether oxygens (including phenoxy) is 1. The van der Waals surface area contributed by atoms with Crippen LogP contribution in [0.3, 0.4) is 0 Å². The molecule has 2 aromatic rings. The molecule has 1 saturated heterocycles. The van der Waals surface area contributed by atoms with E-state index in [0.29, 0.717) is 18.4 Å². The molecule has 2 aromatic carbocycles. The lowest BCUT2D eigenvalue weighted by Crippen LogP contribution is -2.54. The summed E-state index contributed by atoms with van der Waals surface area (Å²) in [6.07, 6.45) is 1.18. The maximum absolute atomic E-state index is 12.4. The van der Waals surface area contributed by atoms with Crippen molar-refractivity contribution in [3.05, 3.63) is 70.8 Å². The van der Waals surface area contributed by atoms with Gasteiger partial charge in [0.2, 0.25) is 0 Å². The molecular weight excluding hydrogens is 406 g/mol. The predicted octanol–water partition coefficient (Wildman–Crippen LogP) is 1.59. The number of nitrogens with one attached hydrogen (secondary N) is 1. The van der Waals surface area contributed by atoms with E-state index in [4.69, 9.17) is 10.5 Å². The lowest BCUT2D eigenvalue weighted by molar-refractivity contribution is -0.140. The van der Waals surface area contributed by atoms with Crippen molar-refractivity contribution in [2.24, 2.45) is 5.73 Å². The van der Waals surface area contributed by atoms with Gasteiger partial charge < -0.3 is 20.9 Å². The Hall–Kier alpha value is -3.18. The highest BCUT2D eigenvalue weighted by atomic mass is 16.5. The van der Waals surface area contributed by atoms with E-state index in [1.807, 2.05) is 12.1 Å². The predicted molar refractivity (Wildman–Crippen MR) is 120 cm³/mol. The van der Waals surface area contributed by atoms with Crippen molar-refractivity contribution >= 4 is 11.9 Å². The molecule has 4 rings (SSSR count). The minimum atomic E-state index is -1.11. The number of amides is 1. The number of carbonyl (C=O) groups is 2. The van der Waals surface area contributed by atoms with Crippen LogP contribution >= 0.6 is 0 Å². The van der Waals surface area contributed by atoms with Gasteiger partial charge in [-0.2, -0.15) is 0 Å². The number of morpholine rings is 1. The van der Waals surface area contributed by atoms with E-state index in [2.05, 4.69) is 34.2 Å². The first kappa shape index (κ1) is 22.0. The summed E-state index contributed by atoms with van der Waals surface area (Å²) < 4.78 is 5.38. The van der Waals surface area contributed by atoms with E-state index in [1.165, 1.54) is 5.56 Å². The van der Waals surface area contributed by atoms with Gasteiger partial charge in [0, 0.05) is 41.9 Å². The van der Waals surface area contributed by atoms with Gasteiger partial charge >= 0.3 is 5.97 Å². The number of carboxylic acid groups (broad SMARTS) is 1. The lowest BCUT2D eigenvalue weighted by Gasteiger charge is -2.26. The Balaban J connectivity index is 1.34. The van der Waals surface area contributed by atoms with Gasteiger partial charge in [-0.05, 0) is 54.8 Å². The second kappa shape index (κ2) is 9.53. The van der Waals surface area contributed by atoms with Crippen molar-refractivity contribution in [2.75, 3.05) is 26.3 Å². The van der Waals surface area contributed by atoms with Crippen LogP contribution in [0.25, 0.3) is 0 Å². The van der Waals surface area contributed by atoms with Crippen LogP contribution in [0.15, 0.2) is 48.5 Å². The van der Waals surface area contributed by atoms with Gasteiger partial charge in [0.15, 0.2) is 0 Å². The molecule has 1 aliphatic heterocycles. The molecule has 0 spiro atoms.